The number of hydrogen-bond donors (Lipinski definition) is 1. The zero-order valence-corrected chi connectivity index (χ0v) is 14.5. The molecule has 2 heterocycles. The van der Waals surface area contributed by atoms with Crippen LogP contribution in [0.1, 0.15) is 17.0 Å². The van der Waals surface area contributed by atoms with Crippen molar-refractivity contribution in [3.63, 3.8) is 0 Å². The predicted octanol–water partition coefficient (Wildman–Crippen LogP) is 0.155. The minimum absolute atomic E-state index is 0.0370. The van der Waals surface area contributed by atoms with Crippen LogP contribution in [0.2, 0.25) is 0 Å². The van der Waals surface area contributed by atoms with Crippen molar-refractivity contribution in [2.75, 3.05) is 13.1 Å². The van der Waals surface area contributed by atoms with E-state index in [2.05, 4.69) is 9.71 Å². The molecule has 0 saturated carbocycles. The lowest BCUT2D eigenvalue weighted by Crippen LogP contribution is -2.42. The summed E-state index contributed by atoms with van der Waals surface area (Å²) in [6.07, 6.45) is 2.40. The van der Waals surface area contributed by atoms with E-state index in [-0.39, 0.29) is 22.9 Å². The fourth-order valence-electron chi connectivity index (χ4n) is 2.76. The highest BCUT2D eigenvalue weighted by Crippen LogP contribution is 2.17. The van der Waals surface area contributed by atoms with Gasteiger partial charge in [0.2, 0.25) is 15.9 Å². The van der Waals surface area contributed by atoms with Crippen LogP contribution in [0.25, 0.3) is 0 Å². The number of sulfonamides is 1. The molecule has 25 heavy (non-hydrogen) atoms. The van der Waals surface area contributed by atoms with E-state index in [1.165, 1.54) is 24.3 Å². The van der Waals surface area contributed by atoms with Gasteiger partial charge in [0, 0.05) is 25.7 Å². The number of rotatable bonds is 4. The number of benzene rings is 1. The van der Waals surface area contributed by atoms with Gasteiger partial charge in [0.1, 0.15) is 0 Å². The van der Waals surface area contributed by atoms with Crippen LogP contribution in [0.5, 0.6) is 0 Å². The van der Waals surface area contributed by atoms with E-state index >= 15 is 0 Å². The van der Waals surface area contributed by atoms with E-state index < -0.39 is 10.0 Å². The normalized spacial score (nSPS) is 14.0. The maximum atomic E-state index is 12.3. The zero-order valence-electron chi connectivity index (χ0n) is 13.6. The second-order valence-electron chi connectivity index (χ2n) is 5.78. The number of imidazole rings is 1. The van der Waals surface area contributed by atoms with E-state index in [4.69, 9.17) is 5.26 Å². The third-order valence-corrected chi connectivity index (χ3v) is 5.54. The Hall–Kier alpha value is -2.70. The van der Waals surface area contributed by atoms with Crippen LogP contribution < -0.4 is 4.72 Å². The Morgan fingerprint density at radius 3 is 3.00 bits per heavy atom. The lowest BCUT2D eigenvalue weighted by atomic mass is 10.1. The summed E-state index contributed by atoms with van der Waals surface area (Å²) in [6, 6.07) is 7.55. The number of carbonyl (C=O) groups is 1. The number of nitriles is 1. The van der Waals surface area contributed by atoms with Gasteiger partial charge in [-0.05, 0) is 18.2 Å². The Kier molecular flexibility index (Phi) is 4.57. The van der Waals surface area contributed by atoms with Gasteiger partial charge in [-0.25, -0.2) is 18.1 Å². The average Bonchev–Trinajstić information content (AvgIpc) is 3.00. The molecule has 3 rings (SSSR count). The maximum Gasteiger partial charge on any atom is 0.241 e. The van der Waals surface area contributed by atoms with Crippen molar-refractivity contribution in [2.24, 2.45) is 7.05 Å². The van der Waals surface area contributed by atoms with Gasteiger partial charge in [-0.1, -0.05) is 6.07 Å². The van der Waals surface area contributed by atoms with Crippen molar-refractivity contribution >= 4 is 15.9 Å². The molecule has 1 aliphatic rings. The molecule has 0 atom stereocenters. The number of fused-ring (bicyclic) bond motifs is 1. The molecule has 0 spiro atoms. The highest BCUT2D eigenvalue weighted by molar-refractivity contribution is 7.89. The lowest BCUT2D eigenvalue weighted by Gasteiger charge is -2.27. The summed E-state index contributed by atoms with van der Waals surface area (Å²) in [5, 5.41) is 8.86. The number of aryl methyl sites for hydroxylation is 1. The van der Waals surface area contributed by atoms with Crippen molar-refractivity contribution in [3.8, 4) is 6.07 Å². The van der Waals surface area contributed by atoms with Gasteiger partial charge < -0.3 is 9.47 Å². The minimum atomic E-state index is -3.85. The summed E-state index contributed by atoms with van der Waals surface area (Å²) in [4.78, 5) is 18.1. The molecule has 0 radical (unpaired) electrons. The number of amides is 1. The molecule has 2 aromatic rings. The summed E-state index contributed by atoms with van der Waals surface area (Å²) >= 11 is 0. The fourth-order valence-corrected chi connectivity index (χ4v) is 3.78. The molecule has 1 N–H and O–H groups in total. The van der Waals surface area contributed by atoms with Crippen molar-refractivity contribution < 1.29 is 13.2 Å². The predicted molar refractivity (Wildman–Crippen MR) is 88.7 cm³/mol. The number of carbonyl (C=O) groups excluding carboxylic acids is 1. The Balaban J connectivity index is 1.65. The van der Waals surface area contributed by atoms with Crippen LogP contribution in [-0.4, -0.2) is 41.9 Å². The van der Waals surface area contributed by atoms with Gasteiger partial charge in [-0.15, -0.1) is 0 Å². The molecule has 1 amide bonds. The summed E-state index contributed by atoms with van der Waals surface area (Å²) in [7, 11) is -1.94. The smallest absolute Gasteiger partial charge is 0.241 e. The fraction of sp³-hybridized carbons (Fsp3) is 0.312. The van der Waals surface area contributed by atoms with Crippen LogP contribution >= 0.6 is 0 Å². The standard InChI is InChI=1S/C16H17N5O3S/c1-20-11-18-14-10-21(6-5-15(14)20)16(22)9-19-25(23,24)13-4-2-3-12(7-13)8-17/h2-4,7,11,19H,5-6,9-10H2,1H3. The molecule has 0 unspecified atom stereocenters. The molecule has 0 aliphatic carbocycles. The molecule has 0 bridgehead atoms. The van der Waals surface area contributed by atoms with Gasteiger partial charge in [0.25, 0.3) is 0 Å². The Bertz CT molecular complexity index is 958. The Morgan fingerprint density at radius 2 is 2.24 bits per heavy atom. The quantitative estimate of drug-likeness (QED) is 0.836. The summed E-state index contributed by atoms with van der Waals surface area (Å²) in [5.74, 6) is -0.309. The van der Waals surface area contributed by atoms with E-state index in [0.29, 0.717) is 19.5 Å². The van der Waals surface area contributed by atoms with Gasteiger partial charge >= 0.3 is 0 Å². The first-order valence-electron chi connectivity index (χ1n) is 7.67. The van der Waals surface area contributed by atoms with Crippen LogP contribution in [0, 0.1) is 11.3 Å². The summed E-state index contributed by atoms with van der Waals surface area (Å²) < 4.78 is 28.8. The maximum absolute atomic E-state index is 12.3. The van der Waals surface area contributed by atoms with Crippen LogP contribution in [0.3, 0.4) is 0 Å². The van der Waals surface area contributed by atoms with Gasteiger partial charge in [0.05, 0.1) is 41.6 Å². The van der Waals surface area contributed by atoms with Crippen molar-refractivity contribution in [2.45, 2.75) is 17.9 Å². The highest BCUT2D eigenvalue weighted by Gasteiger charge is 2.25. The van der Waals surface area contributed by atoms with Crippen molar-refractivity contribution in [3.05, 3.63) is 47.5 Å². The number of aromatic nitrogens is 2. The number of nitrogens with one attached hydrogen (secondary N) is 1. The second kappa shape index (κ2) is 6.66. The van der Waals surface area contributed by atoms with Crippen LogP contribution in [0.15, 0.2) is 35.5 Å². The molecule has 8 nitrogen and oxygen atoms in total. The molecular weight excluding hydrogens is 342 g/mol. The van der Waals surface area contributed by atoms with E-state index in [1.54, 1.807) is 11.2 Å². The third-order valence-electron chi connectivity index (χ3n) is 4.14. The Morgan fingerprint density at radius 1 is 1.44 bits per heavy atom. The highest BCUT2D eigenvalue weighted by atomic mass is 32.2. The largest absolute Gasteiger partial charge is 0.337 e. The van der Waals surface area contributed by atoms with Crippen molar-refractivity contribution in [1.82, 2.24) is 19.2 Å². The van der Waals surface area contributed by atoms with E-state index in [1.807, 2.05) is 17.7 Å². The molecule has 1 aromatic heterocycles. The summed E-state index contributed by atoms with van der Waals surface area (Å²) in [5.41, 5.74) is 2.18. The summed E-state index contributed by atoms with van der Waals surface area (Å²) in [6.45, 7) is 0.568. The molecule has 0 saturated heterocycles. The molecule has 1 aliphatic heterocycles. The minimum Gasteiger partial charge on any atom is -0.337 e. The van der Waals surface area contributed by atoms with E-state index in [9.17, 15) is 13.2 Å². The monoisotopic (exact) mass is 359 g/mol. The van der Waals surface area contributed by atoms with Crippen LogP contribution in [-0.2, 0) is 34.8 Å². The van der Waals surface area contributed by atoms with Gasteiger partial charge in [-0.2, -0.15) is 5.26 Å². The lowest BCUT2D eigenvalue weighted by molar-refractivity contribution is -0.130. The second-order valence-corrected chi connectivity index (χ2v) is 7.55. The topological polar surface area (TPSA) is 108 Å². The first-order chi connectivity index (χ1) is 11.9. The molecule has 0 fully saturated rings. The van der Waals surface area contributed by atoms with Gasteiger partial charge in [-0.3, -0.25) is 4.79 Å². The molecular formula is C16H17N5O3S. The number of nitrogens with zero attached hydrogens (tertiary/aromatic N) is 4. The molecule has 9 heteroatoms. The van der Waals surface area contributed by atoms with E-state index in [0.717, 1.165) is 11.4 Å². The number of hydrogen-bond acceptors (Lipinski definition) is 5. The molecule has 130 valence electrons. The van der Waals surface area contributed by atoms with Crippen molar-refractivity contribution in [1.29, 1.82) is 5.26 Å². The molecule has 1 aromatic carbocycles. The third kappa shape index (κ3) is 3.55. The first kappa shape index (κ1) is 17.1. The average molecular weight is 359 g/mol. The first-order valence-corrected chi connectivity index (χ1v) is 9.15. The van der Waals surface area contributed by atoms with Crippen LogP contribution in [0.4, 0.5) is 0 Å². The van der Waals surface area contributed by atoms with Gasteiger partial charge in [0.15, 0.2) is 0 Å². The SMILES string of the molecule is Cn1cnc2c1CCN(C(=O)CNS(=O)(=O)c1cccc(C#N)c1)C2. The Labute approximate surface area is 145 Å². The zero-order chi connectivity index (χ0) is 18.0.